The van der Waals surface area contributed by atoms with Crippen molar-refractivity contribution in [2.75, 3.05) is 24.3 Å². The first-order valence-corrected chi connectivity index (χ1v) is 9.76. The monoisotopic (exact) mass is 416 g/mol. The van der Waals surface area contributed by atoms with E-state index in [2.05, 4.69) is 10.3 Å². The summed E-state index contributed by atoms with van der Waals surface area (Å²) in [5, 5.41) is 3.15. The van der Waals surface area contributed by atoms with Crippen molar-refractivity contribution in [2.24, 2.45) is 0 Å². The number of amides is 1. The largest absolute Gasteiger partial charge is 0.378 e. The van der Waals surface area contributed by atoms with Gasteiger partial charge in [-0.05, 0) is 48.5 Å². The quantitative estimate of drug-likeness (QED) is 0.536. The Labute approximate surface area is 178 Å². The number of nitrogens with zero attached hydrogens (tertiary/aromatic N) is 3. The number of carbonyl (C=O) groups is 1. The van der Waals surface area contributed by atoms with E-state index in [1.54, 1.807) is 54.6 Å². The van der Waals surface area contributed by atoms with Gasteiger partial charge >= 0.3 is 0 Å². The number of anilines is 2. The third-order valence-corrected chi connectivity index (χ3v) is 4.95. The van der Waals surface area contributed by atoms with Crippen LogP contribution >= 0.6 is 0 Å². The molecule has 0 bridgehead atoms. The van der Waals surface area contributed by atoms with Gasteiger partial charge in [0.2, 0.25) is 5.91 Å². The van der Waals surface area contributed by atoms with Crippen molar-refractivity contribution >= 4 is 28.2 Å². The van der Waals surface area contributed by atoms with Gasteiger partial charge in [-0.15, -0.1) is 0 Å². The van der Waals surface area contributed by atoms with E-state index in [1.807, 2.05) is 31.1 Å². The molecule has 0 spiro atoms. The second-order valence-electron chi connectivity index (χ2n) is 7.31. The first kappa shape index (κ1) is 20.3. The molecule has 156 valence electrons. The SMILES string of the molecule is CN(C)c1ccc(NC(=O)Cn2c(-c3ccccc3F)nc3ccccc3c2=O)cc1. The summed E-state index contributed by atoms with van der Waals surface area (Å²) in [5.74, 6) is -0.813. The van der Waals surface area contributed by atoms with Gasteiger partial charge in [-0.25, -0.2) is 9.37 Å². The Morgan fingerprint density at radius 2 is 1.68 bits per heavy atom. The molecule has 0 saturated carbocycles. The minimum atomic E-state index is -0.516. The van der Waals surface area contributed by atoms with Crippen LogP contribution in [0.5, 0.6) is 0 Å². The van der Waals surface area contributed by atoms with E-state index in [-0.39, 0.29) is 17.9 Å². The predicted octanol–water partition coefficient (Wildman–Crippen LogP) is 3.91. The highest BCUT2D eigenvalue weighted by atomic mass is 19.1. The van der Waals surface area contributed by atoms with Gasteiger partial charge in [0.1, 0.15) is 18.2 Å². The molecule has 0 aliphatic carbocycles. The predicted molar refractivity (Wildman–Crippen MR) is 121 cm³/mol. The van der Waals surface area contributed by atoms with Crippen LogP contribution < -0.4 is 15.8 Å². The molecule has 6 nitrogen and oxygen atoms in total. The molecule has 0 aliphatic rings. The Balaban J connectivity index is 1.73. The van der Waals surface area contributed by atoms with Gasteiger partial charge in [0.25, 0.3) is 5.56 Å². The first-order valence-electron chi connectivity index (χ1n) is 9.76. The number of aromatic nitrogens is 2. The summed E-state index contributed by atoms with van der Waals surface area (Å²) >= 11 is 0. The molecule has 1 N–H and O–H groups in total. The van der Waals surface area contributed by atoms with Crippen molar-refractivity contribution in [3.8, 4) is 11.4 Å². The van der Waals surface area contributed by atoms with Crippen LogP contribution in [0.3, 0.4) is 0 Å². The smallest absolute Gasteiger partial charge is 0.262 e. The maximum atomic E-state index is 14.5. The molecule has 0 fully saturated rings. The number of benzene rings is 3. The van der Waals surface area contributed by atoms with Crippen molar-refractivity contribution in [2.45, 2.75) is 6.54 Å². The molecule has 0 saturated heterocycles. The molecule has 0 aliphatic heterocycles. The molecular weight excluding hydrogens is 395 g/mol. The Hall–Kier alpha value is -4.00. The zero-order chi connectivity index (χ0) is 22.0. The van der Waals surface area contributed by atoms with Gasteiger partial charge in [-0.3, -0.25) is 14.2 Å². The van der Waals surface area contributed by atoms with E-state index in [9.17, 15) is 14.0 Å². The molecule has 1 heterocycles. The maximum Gasteiger partial charge on any atom is 0.262 e. The van der Waals surface area contributed by atoms with Gasteiger partial charge in [-0.1, -0.05) is 24.3 Å². The maximum absolute atomic E-state index is 14.5. The second-order valence-corrected chi connectivity index (χ2v) is 7.31. The molecule has 0 atom stereocenters. The first-order chi connectivity index (χ1) is 14.9. The van der Waals surface area contributed by atoms with E-state index < -0.39 is 17.3 Å². The Bertz CT molecular complexity index is 1310. The third-order valence-electron chi connectivity index (χ3n) is 4.95. The lowest BCUT2D eigenvalue weighted by atomic mass is 10.1. The zero-order valence-corrected chi connectivity index (χ0v) is 17.2. The Morgan fingerprint density at radius 1 is 1.00 bits per heavy atom. The number of carbonyl (C=O) groups excluding carboxylic acids is 1. The van der Waals surface area contributed by atoms with Crippen LogP contribution in [0.2, 0.25) is 0 Å². The number of para-hydroxylation sites is 1. The number of hydrogen-bond donors (Lipinski definition) is 1. The van der Waals surface area contributed by atoms with Gasteiger partial charge in [-0.2, -0.15) is 0 Å². The van der Waals surface area contributed by atoms with Gasteiger partial charge in [0.15, 0.2) is 0 Å². The van der Waals surface area contributed by atoms with Gasteiger partial charge < -0.3 is 10.2 Å². The fourth-order valence-electron chi connectivity index (χ4n) is 3.35. The lowest BCUT2D eigenvalue weighted by molar-refractivity contribution is -0.116. The summed E-state index contributed by atoms with van der Waals surface area (Å²) in [6.07, 6.45) is 0. The average Bonchev–Trinajstić information content (AvgIpc) is 2.76. The molecular formula is C24H21FN4O2. The van der Waals surface area contributed by atoms with Crippen LogP contribution in [0.25, 0.3) is 22.3 Å². The van der Waals surface area contributed by atoms with Gasteiger partial charge in [0.05, 0.1) is 16.5 Å². The average molecular weight is 416 g/mol. The Kier molecular flexibility index (Phi) is 5.49. The summed E-state index contributed by atoms with van der Waals surface area (Å²) in [6.45, 7) is -0.296. The minimum Gasteiger partial charge on any atom is -0.378 e. The summed E-state index contributed by atoms with van der Waals surface area (Å²) in [5.41, 5.74) is 1.80. The molecule has 0 radical (unpaired) electrons. The number of fused-ring (bicyclic) bond motifs is 1. The van der Waals surface area contributed by atoms with Crippen LogP contribution in [0.4, 0.5) is 15.8 Å². The zero-order valence-electron chi connectivity index (χ0n) is 17.2. The van der Waals surface area contributed by atoms with Crippen molar-refractivity contribution in [3.05, 3.63) is 89.0 Å². The van der Waals surface area contributed by atoms with Crippen LogP contribution in [-0.2, 0) is 11.3 Å². The van der Waals surface area contributed by atoms with Gasteiger partial charge in [0, 0.05) is 25.5 Å². The topological polar surface area (TPSA) is 67.2 Å². The lowest BCUT2D eigenvalue weighted by Gasteiger charge is -2.15. The second kappa shape index (κ2) is 8.39. The minimum absolute atomic E-state index is 0.111. The normalized spacial score (nSPS) is 10.8. The molecule has 1 amide bonds. The van der Waals surface area contributed by atoms with Crippen LogP contribution in [-0.4, -0.2) is 29.6 Å². The highest BCUT2D eigenvalue weighted by Crippen LogP contribution is 2.22. The fraction of sp³-hybridized carbons (Fsp3) is 0.125. The highest BCUT2D eigenvalue weighted by Gasteiger charge is 2.17. The summed E-state index contributed by atoms with van der Waals surface area (Å²) < 4.78 is 15.7. The number of halogens is 1. The van der Waals surface area contributed by atoms with E-state index in [1.165, 1.54) is 10.6 Å². The molecule has 3 aromatic carbocycles. The molecule has 7 heteroatoms. The van der Waals surface area contributed by atoms with Crippen LogP contribution in [0.15, 0.2) is 77.6 Å². The third kappa shape index (κ3) is 4.16. The van der Waals surface area contributed by atoms with E-state index >= 15 is 0 Å². The lowest BCUT2D eigenvalue weighted by Crippen LogP contribution is -2.30. The van der Waals surface area contributed by atoms with Crippen molar-refractivity contribution in [1.82, 2.24) is 9.55 Å². The fourth-order valence-corrected chi connectivity index (χ4v) is 3.35. The van der Waals surface area contributed by atoms with Crippen LogP contribution in [0, 0.1) is 5.82 Å². The van der Waals surface area contributed by atoms with Crippen molar-refractivity contribution < 1.29 is 9.18 Å². The number of rotatable bonds is 5. The van der Waals surface area contributed by atoms with Crippen molar-refractivity contribution in [1.29, 1.82) is 0 Å². The van der Waals surface area contributed by atoms with E-state index in [0.717, 1.165) is 5.69 Å². The standard InChI is InChI=1S/C24H21FN4O2/c1-28(2)17-13-11-16(12-14-17)26-22(30)15-29-23(18-7-3-5-9-20(18)25)27-21-10-6-4-8-19(21)24(29)31/h3-14H,15H2,1-2H3,(H,26,30). The number of hydrogen-bond acceptors (Lipinski definition) is 4. The number of nitrogens with one attached hydrogen (secondary N) is 1. The molecule has 0 unspecified atom stereocenters. The molecule has 31 heavy (non-hydrogen) atoms. The summed E-state index contributed by atoms with van der Waals surface area (Å²) in [4.78, 5) is 32.4. The van der Waals surface area contributed by atoms with Crippen LogP contribution in [0.1, 0.15) is 0 Å². The summed E-state index contributed by atoms with van der Waals surface area (Å²) in [6, 6.07) is 20.2. The highest BCUT2D eigenvalue weighted by molar-refractivity contribution is 5.91. The molecule has 1 aromatic heterocycles. The summed E-state index contributed by atoms with van der Waals surface area (Å²) in [7, 11) is 3.86. The Morgan fingerprint density at radius 3 is 2.39 bits per heavy atom. The van der Waals surface area contributed by atoms with E-state index in [0.29, 0.717) is 16.6 Å². The van der Waals surface area contributed by atoms with E-state index in [4.69, 9.17) is 0 Å². The molecule has 4 aromatic rings. The molecule has 4 rings (SSSR count). The van der Waals surface area contributed by atoms with Crippen molar-refractivity contribution in [3.63, 3.8) is 0 Å².